The summed E-state index contributed by atoms with van der Waals surface area (Å²) in [6.07, 6.45) is 2.14. The van der Waals surface area contributed by atoms with Crippen molar-refractivity contribution < 1.29 is 22.7 Å². The number of carbonyl (C=O) groups excluding carboxylic acids is 2. The molecule has 2 amide bonds. The van der Waals surface area contributed by atoms with Gasteiger partial charge in [-0.1, -0.05) is 13.3 Å². The third-order valence-electron chi connectivity index (χ3n) is 5.11. The lowest BCUT2D eigenvalue weighted by Gasteiger charge is -2.26. The number of sulfonamides is 1. The second-order valence-corrected chi connectivity index (χ2v) is 9.00. The molecule has 3 rings (SSSR count). The van der Waals surface area contributed by atoms with E-state index in [2.05, 4.69) is 5.32 Å². The number of hydrogen-bond acceptors (Lipinski definition) is 5. The Morgan fingerprint density at radius 1 is 1.25 bits per heavy atom. The van der Waals surface area contributed by atoms with E-state index in [1.165, 1.54) is 22.2 Å². The van der Waals surface area contributed by atoms with Gasteiger partial charge in [0.05, 0.1) is 18.1 Å². The molecule has 1 aromatic carbocycles. The van der Waals surface area contributed by atoms with E-state index in [0.29, 0.717) is 50.5 Å². The molecular weight excluding hydrogens is 382 g/mol. The van der Waals surface area contributed by atoms with Crippen molar-refractivity contribution in [2.45, 2.75) is 44.0 Å². The molecule has 0 radical (unpaired) electrons. The summed E-state index contributed by atoms with van der Waals surface area (Å²) in [5.74, 6) is -0.449. The first-order chi connectivity index (χ1) is 13.4. The van der Waals surface area contributed by atoms with Crippen LogP contribution in [0.5, 0.6) is 0 Å². The second kappa shape index (κ2) is 8.59. The number of carbonyl (C=O) groups is 2. The first-order valence-electron chi connectivity index (χ1n) is 9.64. The molecule has 1 saturated heterocycles. The monoisotopic (exact) mass is 409 g/mol. The van der Waals surface area contributed by atoms with Gasteiger partial charge in [-0.05, 0) is 30.2 Å². The minimum atomic E-state index is -3.63. The SMILES string of the molecule is CCCCNC(=O)[C@H]1Cc2cc(S(=O)(=O)N3CCOCC3)ccc2N1C(C)=O. The quantitative estimate of drug-likeness (QED) is 0.705. The van der Waals surface area contributed by atoms with Gasteiger partial charge in [-0.15, -0.1) is 0 Å². The minimum Gasteiger partial charge on any atom is -0.379 e. The molecule has 8 nitrogen and oxygen atoms in total. The van der Waals surface area contributed by atoms with Crippen molar-refractivity contribution in [1.29, 1.82) is 0 Å². The van der Waals surface area contributed by atoms with Crippen molar-refractivity contribution in [1.82, 2.24) is 9.62 Å². The van der Waals surface area contributed by atoms with Crippen LogP contribution >= 0.6 is 0 Å². The van der Waals surface area contributed by atoms with Crippen LogP contribution < -0.4 is 10.2 Å². The summed E-state index contributed by atoms with van der Waals surface area (Å²) < 4.78 is 32.4. The van der Waals surface area contributed by atoms with Crippen LogP contribution in [-0.4, -0.2) is 63.4 Å². The molecule has 28 heavy (non-hydrogen) atoms. The van der Waals surface area contributed by atoms with Crippen molar-refractivity contribution >= 4 is 27.5 Å². The molecule has 1 fully saturated rings. The van der Waals surface area contributed by atoms with Gasteiger partial charge in [0.15, 0.2) is 0 Å². The summed E-state index contributed by atoms with van der Waals surface area (Å²) in [6, 6.07) is 4.08. The zero-order chi connectivity index (χ0) is 20.3. The molecule has 1 aromatic rings. The van der Waals surface area contributed by atoms with E-state index in [0.717, 1.165) is 12.8 Å². The summed E-state index contributed by atoms with van der Waals surface area (Å²) in [7, 11) is -3.63. The van der Waals surface area contributed by atoms with E-state index in [-0.39, 0.29) is 16.7 Å². The third kappa shape index (κ3) is 4.06. The van der Waals surface area contributed by atoms with Gasteiger partial charge >= 0.3 is 0 Å². The third-order valence-corrected chi connectivity index (χ3v) is 7.01. The Morgan fingerprint density at radius 3 is 2.61 bits per heavy atom. The summed E-state index contributed by atoms with van der Waals surface area (Å²) in [5, 5.41) is 2.87. The van der Waals surface area contributed by atoms with Gasteiger partial charge in [0.1, 0.15) is 6.04 Å². The normalized spacial score (nSPS) is 20.1. The Hall–Kier alpha value is -1.97. The summed E-state index contributed by atoms with van der Waals surface area (Å²) in [4.78, 5) is 26.4. The number of nitrogens with zero attached hydrogens (tertiary/aromatic N) is 2. The van der Waals surface area contributed by atoms with Gasteiger partial charge in [-0.3, -0.25) is 14.5 Å². The van der Waals surface area contributed by atoms with Crippen molar-refractivity contribution in [3.05, 3.63) is 23.8 Å². The Morgan fingerprint density at radius 2 is 1.96 bits per heavy atom. The Kier molecular flexibility index (Phi) is 6.36. The number of rotatable bonds is 6. The lowest BCUT2D eigenvalue weighted by molar-refractivity contribution is -0.125. The molecule has 0 bridgehead atoms. The van der Waals surface area contributed by atoms with E-state index in [1.807, 2.05) is 6.92 Å². The fourth-order valence-electron chi connectivity index (χ4n) is 3.63. The fraction of sp³-hybridized carbons (Fsp3) is 0.579. The van der Waals surface area contributed by atoms with Crippen molar-refractivity contribution in [2.24, 2.45) is 0 Å². The Balaban J connectivity index is 1.86. The van der Waals surface area contributed by atoms with Gasteiger partial charge < -0.3 is 10.1 Å². The highest BCUT2D eigenvalue weighted by Crippen LogP contribution is 2.35. The van der Waals surface area contributed by atoms with Crippen LogP contribution in [-0.2, 0) is 30.8 Å². The number of nitrogens with one attached hydrogen (secondary N) is 1. The van der Waals surface area contributed by atoms with Crippen molar-refractivity contribution in [3.63, 3.8) is 0 Å². The van der Waals surface area contributed by atoms with Crippen molar-refractivity contribution in [2.75, 3.05) is 37.7 Å². The average Bonchev–Trinajstić information content (AvgIpc) is 3.08. The molecule has 2 heterocycles. The number of anilines is 1. The van der Waals surface area contributed by atoms with Gasteiger partial charge in [0, 0.05) is 38.7 Å². The zero-order valence-electron chi connectivity index (χ0n) is 16.3. The number of morpholine rings is 1. The molecule has 0 aromatic heterocycles. The van der Waals surface area contributed by atoms with E-state index in [4.69, 9.17) is 4.74 Å². The Bertz CT molecular complexity index is 849. The second-order valence-electron chi connectivity index (χ2n) is 7.06. The molecule has 2 aliphatic heterocycles. The lowest BCUT2D eigenvalue weighted by Crippen LogP contribution is -2.47. The van der Waals surface area contributed by atoms with Crippen LogP contribution in [0.2, 0.25) is 0 Å². The molecular formula is C19H27N3O5S. The smallest absolute Gasteiger partial charge is 0.243 e. The average molecular weight is 410 g/mol. The standard InChI is InChI=1S/C19H27N3O5S/c1-3-4-7-20-19(24)18-13-15-12-16(5-6-17(15)22(18)14(2)23)28(25,26)21-8-10-27-11-9-21/h5-6,12,18H,3-4,7-11,13H2,1-2H3,(H,20,24)/t18-/m1/s1. The molecule has 0 saturated carbocycles. The van der Waals surface area contributed by atoms with Crippen LogP contribution in [0.4, 0.5) is 5.69 Å². The molecule has 0 aliphatic carbocycles. The summed E-state index contributed by atoms with van der Waals surface area (Å²) >= 11 is 0. The molecule has 1 N–H and O–H groups in total. The highest BCUT2D eigenvalue weighted by molar-refractivity contribution is 7.89. The molecule has 154 valence electrons. The highest BCUT2D eigenvalue weighted by Gasteiger charge is 2.38. The topological polar surface area (TPSA) is 96.0 Å². The summed E-state index contributed by atoms with van der Waals surface area (Å²) in [6.45, 7) is 5.41. The zero-order valence-corrected chi connectivity index (χ0v) is 17.1. The van der Waals surface area contributed by atoms with E-state index >= 15 is 0 Å². The largest absolute Gasteiger partial charge is 0.379 e. The number of hydrogen-bond donors (Lipinski definition) is 1. The number of amides is 2. The number of unbranched alkanes of at least 4 members (excludes halogenated alkanes) is 1. The van der Waals surface area contributed by atoms with Gasteiger partial charge in [-0.2, -0.15) is 4.31 Å². The molecule has 2 aliphatic rings. The van der Waals surface area contributed by atoms with Gasteiger partial charge in [-0.25, -0.2) is 8.42 Å². The first kappa shape index (κ1) is 20.8. The van der Waals surface area contributed by atoms with E-state index in [9.17, 15) is 18.0 Å². The van der Waals surface area contributed by atoms with Crippen LogP contribution in [0.3, 0.4) is 0 Å². The lowest BCUT2D eigenvalue weighted by atomic mass is 10.1. The Labute approximate surface area is 165 Å². The van der Waals surface area contributed by atoms with Gasteiger partial charge in [0.25, 0.3) is 0 Å². The predicted octanol–water partition coefficient (Wildman–Crippen LogP) is 0.901. The summed E-state index contributed by atoms with van der Waals surface area (Å²) in [5.41, 5.74) is 1.30. The maximum Gasteiger partial charge on any atom is 0.243 e. The predicted molar refractivity (Wildman–Crippen MR) is 105 cm³/mol. The van der Waals surface area contributed by atoms with Crippen LogP contribution in [0, 0.1) is 0 Å². The van der Waals surface area contributed by atoms with Crippen LogP contribution in [0.15, 0.2) is 23.1 Å². The molecule has 1 atom stereocenters. The maximum absolute atomic E-state index is 12.9. The maximum atomic E-state index is 12.9. The van der Waals surface area contributed by atoms with Crippen molar-refractivity contribution in [3.8, 4) is 0 Å². The van der Waals surface area contributed by atoms with Gasteiger partial charge in [0.2, 0.25) is 21.8 Å². The number of benzene rings is 1. The van der Waals surface area contributed by atoms with E-state index < -0.39 is 16.1 Å². The van der Waals surface area contributed by atoms with E-state index in [1.54, 1.807) is 12.1 Å². The highest BCUT2D eigenvalue weighted by atomic mass is 32.2. The fourth-order valence-corrected chi connectivity index (χ4v) is 5.09. The minimum absolute atomic E-state index is 0.184. The van der Waals surface area contributed by atoms with Crippen LogP contribution in [0.1, 0.15) is 32.3 Å². The molecule has 0 unspecified atom stereocenters. The molecule has 9 heteroatoms. The first-order valence-corrected chi connectivity index (χ1v) is 11.1. The molecule has 0 spiro atoms. The number of ether oxygens (including phenoxy) is 1. The number of fused-ring (bicyclic) bond motifs is 1. The van der Waals surface area contributed by atoms with Crippen LogP contribution in [0.25, 0.3) is 0 Å².